The highest BCUT2D eigenvalue weighted by Gasteiger charge is 2.27. The molecule has 0 spiro atoms. The lowest BCUT2D eigenvalue weighted by Gasteiger charge is -2.37. The zero-order valence-electron chi connectivity index (χ0n) is 15.0. The maximum Gasteiger partial charge on any atom is 0.269 e. The van der Waals surface area contributed by atoms with Crippen molar-refractivity contribution in [3.05, 3.63) is 63.9 Å². The van der Waals surface area contributed by atoms with Crippen LogP contribution in [0.25, 0.3) is 10.1 Å². The Morgan fingerprint density at radius 2 is 1.70 bits per heavy atom. The summed E-state index contributed by atoms with van der Waals surface area (Å²) in [5.74, 6) is -0.000544. The Bertz CT molecular complexity index is 1020. The molecule has 1 aromatic heterocycles. The summed E-state index contributed by atoms with van der Waals surface area (Å²) in [5, 5.41) is 1.39. The fourth-order valence-corrected chi connectivity index (χ4v) is 4.61. The molecule has 4 rings (SSSR count). The van der Waals surface area contributed by atoms with Crippen LogP contribution in [0.2, 0.25) is 5.02 Å². The standard InChI is InChI=1S/C20H20ClN3O2S/c1-14(24-20(26)17-4-2-3-5-18(17)27-24)19(25)23-12-10-22(11-13-23)16-8-6-15(21)7-9-16/h2-9,14H,10-13H2,1H3/t14-/m1/s1. The van der Waals surface area contributed by atoms with Crippen molar-refractivity contribution in [1.82, 2.24) is 8.86 Å². The third-order valence-electron chi connectivity index (χ3n) is 5.01. The Morgan fingerprint density at radius 3 is 2.37 bits per heavy atom. The van der Waals surface area contributed by atoms with Gasteiger partial charge in [0.05, 0.1) is 10.1 Å². The lowest BCUT2D eigenvalue weighted by molar-refractivity contribution is -0.134. The smallest absolute Gasteiger partial charge is 0.269 e. The van der Waals surface area contributed by atoms with Crippen LogP contribution in [0.5, 0.6) is 0 Å². The van der Waals surface area contributed by atoms with E-state index in [1.807, 2.05) is 60.4 Å². The van der Waals surface area contributed by atoms with Gasteiger partial charge >= 0.3 is 0 Å². The van der Waals surface area contributed by atoms with Crippen LogP contribution in [0.4, 0.5) is 5.69 Å². The molecule has 0 aliphatic carbocycles. The van der Waals surface area contributed by atoms with E-state index in [1.165, 1.54) is 11.5 Å². The fraction of sp³-hybridized carbons (Fsp3) is 0.300. The molecule has 1 aliphatic heterocycles. The number of halogens is 1. The minimum atomic E-state index is -0.489. The average molecular weight is 402 g/mol. The second-order valence-electron chi connectivity index (χ2n) is 6.68. The van der Waals surface area contributed by atoms with E-state index in [0.29, 0.717) is 18.5 Å². The summed E-state index contributed by atoms with van der Waals surface area (Å²) in [4.78, 5) is 29.7. The first-order valence-electron chi connectivity index (χ1n) is 8.94. The average Bonchev–Trinajstić information content (AvgIpc) is 3.04. The molecular formula is C20H20ClN3O2S. The monoisotopic (exact) mass is 401 g/mol. The van der Waals surface area contributed by atoms with Crippen molar-refractivity contribution in [1.29, 1.82) is 0 Å². The number of benzene rings is 2. The van der Waals surface area contributed by atoms with Crippen molar-refractivity contribution >= 4 is 44.8 Å². The third-order valence-corrected chi connectivity index (χ3v) is 6.49. The number of aromatic nitrogens is 1. The molecule has 27 heavy (non-hydrogen) atoms. The minimum Gasteiger partial charge on any atom is -0.368 e. The van der Waals surface area contributed by atoms with E-state index < -0.39 is 6.04 Å². The quantitative estimate of drug-likeness (QED) is 0.673. The van der Waals surface area contributed by atoms with Crippen molar-refractivity contribution in [3.63, 3.8) is 0 Å². The highest BCUT2D eigenvalue weighted by Crippen LogP contribution is 2.23. The Balaban J connectivity index is 1.46. The summed E-state index contributed by atoms with van der Waals surface area (Å²) in [6, 6.07) is 14.8. The summed E-state index contributed by atoms with van der Waals surface area (Å²) in [6.07, 6.45) is 0. The molecule has 2 aromatic carbocycles. The number of hydrogen-bond acceptors (Lipinski definition) is 4. The van der Waals surface area contributed by atoms with Gasteiger partial charge < -0.3 is 9.80 Å². The second kappa shape index (κ2) is 7.37. The Hall–Kier alpha value is -2.31. The van der Waals surface area contributed by atoms with Crippen LogP contribution in [0.3, 0.4) is 0 Å². The van der Waals surface area contributed by atoms with Gasteiger partial charge in [-0.15, -0.1) is 0 Å². The lowest BCUT2D eigenvalue weighted by atomic mass is 10.2. The Morgan fingerprint density at radius 1 is 1.04 bits per heavy atom. The van der Waals surface area contributed by atoms with Gasteiger partial charge in [0.25, 0.3) is 5.56 Å². The maximum atomic E-state index is 13.0. The van der Waals surface area contributed by atoms with Crippen LogP contribution in [-0.4, -0.2) is 40.9 Å². The molecule has 0 radical (unpaired) electrons. The summed E-state index contributed by atoms with van der Waals surface area (Å²) in [5.41, 5.74) is 1.02. The van der Waals surface area contributed by atoms with Gasteiger partial charge in [-0.05, 0) is 43.3 Å². The molecule has 5 nitrogen and oxygen atoms in total. The van der Waals surface area contributed by atoms with Crippen molar-refractivity contribution in [2.24, 2.45) is 0 Å². The number of fused-ring (bicyclic) bond motifs is 1. The molecule has 0 unspecified atom stereocenters. The van der Waals surface area contributed by atoms with Gasteiger partial charge in [0, 0.05) is 36.9 Å². The first-order valence-corrected chi connectivity index (χ1v) is 10.1. The lowest BCUT2D eigenvalue weighted by Crippen LogP contribution is -2.50. The van der Waals surface area contributed by atoms with E-state index in [2.05, 4.69) is 4.90 Å². The SMILES string of the molecule is C[C@H](C(=O)N1CCN(c2ccc(Cl)cc2)CC1)n1sc2ccccc2c1=O. The molecule has 1 saturated heterocycles. The van der Waals surface area contributed by atoms with E-state index >= 15 is 0 Å². The van der Waals surface area contributed by atoms with E-state index in [9.17, 15) is 9.59 Å². The number of nitrogens with zero attached hydrogens (tertiary/aromatic N) is 3. The number of piperazine rings is 1. The van der Waals surface area contributed by atoms with Crippen LogP contribution >= 0.6 is 23.1 Å². The van der Waals surface area contributed by atoms with Crippen LogP contribution in [0.1, 0.15) is 13.0 Å². The number of hydrogen-bond donors (Lipinski definition) is 0. The normalized spacial score (nSPS) is 15.9. The summed E-state index contributed by atoms with van der Waals surface area (Å²) >= 11 is 7.31. The maximum absolute atomic E-state index is 13.0. The molecular weight excluding hydrogens is 382 g/mol. The zero-order chi connectivity index (χ0) is 19.0. The molecule has 0 bridgehead atoms. The van der Waals surface area contributed by atoms with E-state index in [0.717, 1.165) is 28.5 Å². The minimum absolute atomic E-state index is 0.000544. The van der Waals surface area contributed by atoms with Gasteiger partial charge in [-0.1, -0.05) is 35.3 Å². The fourth-order valence-electron chi connectivity index (χ4n) is 3.45. The van der Waals surface area contributed by atoms with Crippen molar-refractivity contribution in [3.8, 4) is 0 Å². The molecule has 1 atom stereocenters. The predicted molar refractivity (Wildman–Crippen MR) is 111 cm³/mol. The van der Waals surface area contributed by atoms with Crippen molar-refractivity contribution in [2.75, 3.05) is 31.1 Å². The molecule has 3 aromatic rings. The van der Waals surface area contributed by atoms with E-state index in [1.54, 1.807) is 3.96 Å². The Labute approximate surface area is 166 Å². The molecule has 2 heterocycles. The second-order valence-corrected chi connectivity index (χ2v) is 8.14. The Kier molecular flexibility index (Phi) is 4.93. The van der Waals surface area contributed by atoms with E-state index in [-0.39, 0.29) is 11.5 Å². The number of carbonyl (C=O) groups excluding carboxylic acids is 1. The number of carbonyl (C=O) groups is 1. The number of rotatable bonds is 3. The van der Waals surface area contributed by atoms with Crippen LogP contribution in [0.15, 0.2) is 53.3 Å². The first-order chi connectivity index (χ1) is 13.0. The van der Waals surface area contributed by atoms with Gasteiger partial charge in [-0.2, -0.15) is 0 Å². The number of amides is 1. The van der Waals surface area contributed by atoms with Gasteiger partial charge in [0.15, 0.2) is 0 Å². The molecule has 140 valence electrons. The van der Waals surface area contributed by atoms with Crippen molar-refractivity contribution in [2.45, 2.75) is 13.0 Å². The van der Waals surface area contributed by atoms with Crippen LogP contribution < -0.4 is 10.5 Å². The molecule has 0 N–H and O–H groups in total. The molecule has 1 fully saturated rings. The van der Waals surface area contributed by atoms with Gasteiger partial charge in [-0.25, -0.2) is 0 Å². The highest BCUT2D eigenvalue weighted by atomic mass is 35.5. The van der Waals surface area contributed by atoms with Crippen molar-refractivity contribution < 1.29 is 4.79 Å². The topological polar surface area (TPSA) is 45.6 Å². The summed E-state index contributed by atoms with van der Waals surface area (Å²) in [7, 11) is 0. The van der Waals surface area contributed by atoms with Crippen LogP contribution in [-0.2, 0) is 4.79 Å². The number of anilines is 1. The summed E-state index contributed by atoms with van der Waals surface area (Å²) in [6.45, 7) is 4.63. The molecule has 1 aliphatic rings. The molecule has 1 amide bonds. The molecule has 0 saturated carbocycles. The van der Waals surface area contributed by atoms with Gasteiger partial charge in [0.2, 0.25) is 5.91 Å². The van der Waals surface area contributed by atoms with Gasteiger partial charge in [0.1, 0.15) is 6.04 Å². The van der Waals surface area contributed by atoms with Gasteiger partial charge in [-0.3, -0.25) is 13.5 Å². The zero-order valence-corrected chi connectivity index (χ0v) is 16.5. The molecule has 7 heteroatoms. The van der Waals surface area contributed by atoms with Crippen LogP contribution in [0, 0.1) is 0 Å². The summed E-state index contributed by atoms with van der Waals surface area (Å²) < 4.78 is 2.51. The highest BCUT2D eigenvalue weighted by molar-refractivity contribution is 7.14. The van der Waals surface area contributed by atoms with E-state index in [4.69, 9.17) is 11.6 Å². The third kappa shape index (κ3) is 3.47. The largest absolute Gasteiger partial charge is 0.368 e. The predicted octanol–water partition coefficient (Wildman–Crippen LogP) is 3.63. The first kappa shape index (κ1) is 18.1.